The van der Waals surface area contributed by atoms with Crippen LogP contribution in [0.2, 0.25) is 0 Å². The number of nitrogens with zero attached hydrogens (tertiary/aromatic N) is 1. The second-order valence-corrected chi connectivity index (χ2v) is 7.24. The number of nitrogens with two attached hydrogens (primary N) is 1. The van der Waals surface area contributed by atoms with Crippen LogP contribution in [0.1, 0.15) is 37.3 Å². The van der Waals surface area contributed by atoms with Crippen molar-refractivity contribution in [1.82, 2.24) is 0 Å². The molecule has 0 amide bonds. The van der Waals surface area contributed by atoms with Gasteiger partial charge in [-0.25, -0.2) is 0 Å². The molecule has 120 valence electrons. The van der Waals surface area contributed by atoms with Crippen molar-refractivity contribution >= 4 is 11.6 Å². The van der Waals surface area contributed by atoms with Gasteiger partial charge in [0, 0.05) is 17.7 Å². The number of guanidine groups is 1. The second kappa shape index (κ2) is 5.92. The van der Waals surface area contributed by atoms with Crippen LogP contribution in [0.15, 0.2) is 23.2 Å². The molecule has 3 rings (SSSR count). The molecule has 0 bridgehead atoms. The van der Waals surface area contributed by atoms with Crippen LogP contribution in [0.4, 0.5) is 5.69 Å². The van der Waals surface area contributed by atoms with Crippen LogP contribution in [0, 0.1) is 25.2 Å². The highest BCUT2D eigenvalue weighted by atomic mass is 16.5. The Morgan fingerprint density at radius 1 is 1.32 bits per heavy atom. The molecule has 4 nitrogen and oxygen atoms in total. The van der Waals surface area contributed by atoms with Gasteiger partial charge in [-0.1, -0.05) is 13.0 Å². The van der Waals surface area contributed by atoms with E-state index in [2.05, 4.69) is 49.3 Å². The summed E-state index contributed by atoms with van der Waals surface area (Å²) in [7, 11) is 0. The summed E-state index contributed by atoms with van der Waals surface area (Å²) in [5.41, 5.74) is 9.66. The van der Waals surface area contributed by atoms with E-state index in [1.807, 2.05) is 0 Å². The van der Waals surface area contributed by atoms with Crippen molar-refractivity contribution in [2.24, 2.45) is 22.1 Å². The van der Waals surface area contributed by atoms with E-state index in [1.165, 1.54) is 24.0 Å². The summed E-state index contributed by atoms with van der Waals surface area (Å²) in [5.74, 6) is 1.24. The van der Waals surface area contributed by atoms with Gasteiger partial charge in [0.2, 0.25) is 0 Å². The zero-order valence-electron chi connectivity index (χ0n) is 13.9. The lowest BCUT2D eigenvalue weighted by atomic mass is 9.81. The van der Waals surface area contributed by atoms with E-state index in [4.69, 9.17) is 10.5 Å². The van der Waals surface area contributed by atoms with Gasteiger partial charge < -0.3 is 15.8 Å². The van der Waals surface area contributed by atoms with Crippen LogP contribution in [-0.4, -0.2) is 25.2 Å². The van der Waals surface area contributed by atoms with E-state index in [0.717, 1.165) is 31.2 Å². The van der Waals surface area contributed by atoms with Gasteiger partial charge in [-0.2, -0.15) is 0 Å². The maximum Gasteiger partial charge on any atom is 0.193 e. The third-order valence-corrected chi connectivity index (χ3v) is 4.81. The lowest BCUT2D eigenvalue weighted by Crippen LogP contribution is -2.34. The van der Waals surface area contributed by atoms with E-state index in [1.54, 1.807) is 0 Å². The zero-order valence-corrected chi connectivity index (χ0v) is 13.9. The van der Waals surface area contributed by atoms with Crippen LogP contribution < -0.4 is 11.1 Å². The molecule has 2 fully saturated rings. The van der Waals surface area contributed by atoms with Crippen molar-refractivity contribution in [2.45, 2.75) is 46.1 Å². The van der Waals surface area contributed by atoms with Gasteiger partial charge in [-0.3, -0.25) is 4.99 Å². The summed E-state index contributed by atoms with van der Waals surface area (Å²) < 4.78 is 5.94. The van der Waals surface area contributed by atoms with E-state index in [0.29, 0.717) is 12.1 Å². The van der Waals surface area contributed by atoms with Crippen LogP contribution in [-0.2, 0) is 4.74 Å². The molecule has 1 heterocycles. The normalized spacial score (nSPS) is 28.9. The number of hydrogen-bond acceptors (Lipinski definition) is 2. The summed E-state index contributed by atoms with van der Waals surface area (Å²) in [6.45, 7) is 8.05. The maximum atomic E-state index is 6.08. The lowest BCUT2D eigenvalue weighted by molar-refractivity contribution is 0.0425. The van der Waals surface area contributed by atoms with Gasteiger partial charge in [0.05, 0.1) is 12.6 Å². The molecule has 1 aliphatic heterocycles. The third-order valence-electron chi connectivity index (χ3n) is 4.81. The first-order chi connectivity index (χ1) is 10.5. The van der Waals surface area contributed by atoms with Crippen molar-refractivity contribution in [3.63, 3.8) is 0 Å². The van der Waals surface area contributed by atoms with Gasteiger partial charge in [0.25, 0.3) is 0 Å². The molecular formula is C18H27N3O. The van der Waals surface area contributed by atoms with E-state index in [9.17, 15) is 0 Å². The summed E-state index contributed by atoms with van der Waals surface area (Å²) in [6.07, 6.45) is 4.06. The molecule has 0 spiro atoms. The highest BCUT2D eigenvalue weighted by Gasteiger charge is 2.47. The highest BCUT2D eigenvalue weighted by Crippen LogP contribution is 2.47. The molecule has 0 radical (unpaired) electrons. The number of ether oxygens (including phenoxy) is 1. The first kappa shape index (κ1) is 15.3. The van der Waals surface area contributed by atoms with Crippen LogP contribution in [0.3, 0.4) is 0 Å². The smallest absolute Gasteiger partial charge is 0.193 e. The molecule has 1 aromatic carbocycles. The zero-order chi connectivity index (χ0) is 15.7. The van der Waals surface area contributed by atoms with E-state index >= 15 is 0 Å². The number of nitrogens with one attached hydrogen (secondary N) is 1. The molecule has 1 aliphatic carbocycles. The van der Waals surface area contributed by atoms with Crippen LogP contribution >= 0.6 is 0 Å². The molecule has 1 saturated heterocycles. The Labute approximate surface area is 133 Å². The van der Waals surface area contributed by atoms with Crippen LogP contribution in [0.5, 0.6) is 0 Å². The van der Waals surface area contributed by atoms with E-state index < -0.39 is 0 Å². The fraction of sp³-hybridized carbons (Fsp3) is 0.611. The number of aryl methyl sites for hydroxylation is 2. The number of rotatable bonds is 4. The van der Waals surface area contributed by atoms with Crippen molar-refractivity contribution in [1.29, 1.82) is 0 Å². The van der Waals surface area contributed by atoms with Gasteiger partial charge >= 0.3 is 0 Å². The minimum atomic E-state index is 0.135. The Kier molecular flexibility index (Phi) is 4.13. The molecule has 1 aromatic rings. The molecule has 2 aliphatic rings. The summed E-state index contributed by atoms with van der Waals surface area (Å²) in [6, 6.07) is 6.32. The quantitative estimate of drug-likeness (QED) is 0.663. The first-order valence-corrected chi connectivity index (χ1v) is 8.23. The lowest BCUT2D eigenvalue weighted by Gasteiger charge is -2.28. The monoisotopic (exact) mass is 301 g/mol. The minimum Gasteiger partial charge on any atom is -0.377 e. The summed E-state index contributed by atoms with van der Waals surface area (Å²) >= 11 is 0. The molecule has 2 atom stereocenters. The van der Waals surface area contributed by atoms with Gasteiger partial charge in [-0.05, 0) is 62.3 Å². The predicted octanol–water partition coefficient (Wildman–Crippen LogP) is 3.24. The molecule has 4 heteroatoms. The second-order valence-electron chi connectivity index (χ2n) is 7.24. The van der Waals surface area contributed by atoms with Crippen molar-refractivity contribution < 1.29 is 4.74 Å². The average molecular weight is 301 g/mol. The largest absolute Gasteiger partial charge is 0.377 e. The number of aliphatic imine (C=N–C) groups is 1. The standard InChI is InChI=1S/C18H27N3O/c1-12-8-13(2)10-15(9-12)21-17(19)20-11-18(3)6-7-22-16(18)14-4-5-14/h8-10,14,16H,4-7,11H2,1-3H3,(H3,19,20,21). The Bertz CT molecular complexity index is 559. The minimum absolute atomic E-state index is 0.135. The topological polar surface area (TPSA) is 59.6 Å². The predicted molar refractivity (Wildman–Crippen MR) is 91.2 cm³/mol. The number of hydrogen-bond donors (Lipinski definition) is 2. The molecule has 1 saturated carbocycles. The summed E-state index contributed by atoms with van der Waals surface area (Å²) in [4.78, 5) is 4.60. The van der Waals surface area contributed by atoms with Crippen molar-refractivity contribution in [3.05, 3.63) is 29.3 Å². The average Bonchev–Trinajstić information content (AvgIpc) is 3.19. The molecule has 2 unspecified atom stereocenters. The summed E-state index contributed by atoms with van der Waals surface area (Å²) in [5, 5.41) is 3.21. The van der Waals surface area contributed by atoms with Gasteiger partial charge in [0.15, 0.2) is 5.96 Å². The molecule has 3 N–H and O–H groups in total. The molecule has 0 aromatic heterocycles. The van der Waals surface area contributed by atoms with Crippen LogP contribution in [0.25, 0.3) is 0 Å². The van der Waals surface area contributed by atoms with Gasteiger partial charge in [0.1, 0.15) is 0 Å². The molecular weight excluding hydrogens is 274 g/mol. The van der Waals surface area contributed by atoms with Crippen molar-refractivity contribution in [3.8, 4) is 0 Å². The fourth-order valence-corrected chi connectivity index (χ4v) is 3.54. The Hall–Kier alpha value is -1.55. The van der Waals surface area contributed by atoms with Gasteiger partial charge in [-0.15, -0.1) is 0 Å². The number of anilines is 1. The Morgan fingerprint density at radius 2 is 2.00 bits per heavy atom. The van der Waals surface area contributed by atoms with Crippen molar-refractivity contribution in [2.75, 3.05) is 18.5 Å². The molecule has 22 heavy (non-hydrogen) atoms. The third kappa shape index (κ3) is 3.43. The first-order valence-electron chi connectivity index (χ1n) is 8.23. The highest BCUT2D eigenvalue weighted by molar-refractivity contribution is 5.92. The SMILES string of the molecule is Cc1cc(C)cc(NC(N)=NCC2(C)CCOC2C2CC2)c1. The fourth-order valence-electron chi connectivity index (χ4n) is 3.54. The number of benzene rings is 1. The maximum absolute atomic E-state index is 6.08. The Balaban J connectivity index is 1.64. The van der Waals surface area contributed by atoms with E-state index in [-0.39, 0.29) is 5.41 Å². The Morgan fingerprint density at radius 3 is 2.64 bits per heavy atom.